The van der Waals surface area contributed by atoms with E-state index in [0.717, 1.165) is 6.20 Å². The fourth-order valence-corrected chi connectivity index (χ4v) is 4.62. The van der Waals surface area contributed by atoms with E-state index in [1.807, 2.05) is 0 Å². The number of nitrogens with zero attached hydrogens (tertiary/aromatic N) is 1. The van der Waals surface area contributed by atoms with Crippen molar-refractivity contribution in [3.05, 3.63) is 24.0 Å². The highest BCUT2D eigenvalue weighted by Gasteiger charge is 2.62. The van der Waals surface area contributed by atoms with Gasteiger partial charge in [-0.25, -0.2) is 13.1 Å². The molecule has 3 rings (SSSR count). The van der Waals surface area contributed by atoms with Crippen molar-refractivity contribution in [1.29, 1.82) is 0 Å². The number of alkyl halides is 3. The smallest absolute Gasteiger partial charge is 0.373 e. The van der Waals surface area contributed by atoms with Gasteiger partial charge >= 0.3 is 6.18 Å². The van der Waals surface area contributed by atoms with Crippen molar-refractivity contribution in [3.63, 3.8) is 0 Å². The van der Waals surface area contributed by atoms with Crippen LogP contribution in [0.5, 0.6) is 0 Å². The summed E-state index contributed by atoms with van der Waals surface area (Å²) in [5.41, 5.74) is 0.335. The lowest BCUT2D eigenvalue weighted by atomic mass is 9.78. The fraction of sp³-hybridized carbons (Fsp3) is 0.571. The van der Waals surface area contributed by atoms with Crippen LogP contribution in [-0.2, 0) is 19.6 Å². The van der Waals surface area contributed by atoms with Crippen molar-refractivity contribution < 1.29 is 31.1 Å². The summed E-state index contributed by atoms with van der Waals surface area (Å²) in [4.78, 5) is 15.7. The van der Waals surface area contributed by atoms with Crippen molar-refractivity contribution in [1.82, 2.24) is 9.71 Å². The summed E-state index contributed by atoms with van der Waals surface area (Å²) in [5, 5.41) is 0. The van der Waals surface area contributed by atoms with Crippen molar-refractivity contribution in [2.75, 3.05) is 0 Å². The number of aryl methyl sites for hydroxylation is 1. The topological polar surface area (TPSA) is 85.4 Å². The zero-order valence-corrected chi connectivity index (χ0v) is 13.4. The molecule has 6 nitrogen and oxygen atoms in total. The van der Waals surface area contributed by atoms with Gasteiger partial charge in [-0.2, -0.15) is 13.2 Å². The van der Waals surface area contributed by atoms with E-state index in [-0.39, 0.29) is 11.3 Å². The van der Waals surface area contributed by atoms with Crippen LogP contribution in [0.3, 0.4) is 0 Å². The molecule has 10 heteroatoms. The molecule has 4 unspecified atom stereocenters. The van der Waals surface area contributed by atoms with Gasteiger partial charge in [0.25, 0.3) is 10.0 Å². The second kappa shape index (κ2) is 5.69. The predicted molar refractivity (Wildman–Crippen MR) is 75.2 cm³/mol. The molecule has 132 valence electrons. The summed E-state index contributed by atoms with van der Waals surface area (Å²) in [5.74, 6) is -4.73. The minimum atomic E-state index is -4.63. The van der Waals surface area contributed by atoms with E-state index >= 15 is 0 Å². The molecule has 1 aromatic heterocycles. The number of rotatable bonds is 3. The maximum absolute atomic E-state index is 13.2. The number of fused-ring (bicyclic) bond motifs is 2. The maximum Gasteiger partial charge on any atom is 0.395 e. The first-order valence-electron chi connectivity index (χ1n) is 7.30. The number of pyridine rings is 1. The molecular weight excluding hydrogens is 349 g/mol. The normalized spacial score (nSPS) is 29.7. The number of carbonyl (C=O) groups excluding carboxylic acids is 1. The van der Waals surface area contributed by atoms with Gasteiger partial charge in [0.1, 0.15) is 4.90 Å². The Bertz CT molecular complexity index is 766. The summed E-state index contributed by atoms with van der Waals surface area (Å²) in [6.07, 6.45) is -3.69. The van der Waals surface area contributed by atoms with Crippen molar-refractivity contribution in [3.8, 4) is 0 Å². The monoisotopic (exact) mass is 364 g/mol. The van der Waals surface area contributed by atoms with E-state index in [0.29, 0.717) is 12.0 Å². The molecule has 0 aromatic carbocycles. The Labute approximate surface area is 136 Å². The van der Waals surface area contributed by atoms with E-state index in [2.05, 4.69) is 4.98 Å². The summed E-state index contributed by atoms with van der Waals surface area (Å²) in [6, 6.07) is 1.43. The van der Waals surface area contributed by atoms with Gasteiger partial charge in [-0.1, -0.05) is 0 Å². The molecule has 2 saturated heterocycles. The highest BCUT2D eigenvalue weighted by Crippen LogP contribution is 2.50. The SMILES string of the molecule is Cc1ccncc1S(=O)(=O)NC(=O)C1C2CCC(O2)C1C(F)(F)F. The molecule has 2 fully saturated rings. The van der Waals surface area contributed by atoms with Crippen LogP contribution in [0.2, 0.25) is 0 Å². The van der Waals surface area contributed by atoms with Gasteiger partial charge in [0.2, 0.25) is 5.91 Å². The molecule has 0 saturated carbocycles. The third-order valence-electron chi connectivity index (χ3n) is 4.47. The van der Waals surface area contributed by atoms with Crippen LogP contribution >= 0.6 is 0 Å². The molecule has 0 aliphatic carbocycles. The average molecular weight is 364 g/mol. The highest BCUT2D eigenvalue weighted by molar-refractivity contribution is 7.90. The van der Waals surface area contributed by atoms with Crippen LogP contribution in [0.1, 0.15) is 18.4 Å². The average Bonchev–Trinajstić information content (AvgIpc) is 3.06. The molecule has 0 spiro atoms. The number of nitrogens with one attached hydrogen (secondary N) is 1. The summed E-state index contributed by atoms with van der Waals surface area (Å²) < 4.78 is 71.2. The van der Waals surface area contributed by atoms with Crippen molar-refractivity contribution in [2.24, 2.45) is 11.8 Å². The summed E-state index contributed by atoms with van der Waals surface area (Å²) >= 11 is 0. The van der Waals surface area contributed by atoms with Crippen molar-refractivity contribution >= 4 is 15.9 Å². The standard InChI is InChI=1S/C14H15F3N2O4S/c1-7-4-5-18-6-10(7)24(21,22)19-13(20)11-8-2-3-9(23-8)12(11)14(15,16)17/h4-6,8-9,11-12H,2-3H2,1H3,(H,19,20). The van der Waals surface area contributed by atoms with Gasteiger partial charge in [0, 0.05) is 12.4 Å². The van der Waals surface area contributed by atoms with Crippen LogP contribution in [-0.4, -0.2) is 37.7 Å². The molecule has 4 atom stereocenters. The Morgan fingerprint density at radius 3 is 2.62 bits per heavy atom. The molecule has 1 N–H and O–H groups in total. The zero-order chi connectivity index (χ0) is 17.7. The minimum Gasteiger partial charge on any atom is -0.373 e. The Morgan fingerprint density at radius 2 is 2.00 bits per heavy atom. The zero-order valence-electron chi connectivity index (χ0n) is 12.6. The second-order valence-corrected chi connectivity index (χ2v) is 7.65. The van der Waals surface area contributed by atoms with Gasteiger partial charge < -0.3 is 4.74 Å². The number of aromatic nitrogens is 1. The van der Waals surface area contributed by atoms with Gasteiger partial charge in [-0.05, 0) is 31.4 Å². The summed E-state index contributed by atoms with van der Waals surface area (Å²) in [6.45, 7) is 1.50. The number of carbonyl (C=O) groups is 1. The number of amides is 1. The first kappa shape index (κ1) is 17.2. The van der Waals surface area contributed by atoms with Crippen LogP contribution in [0, 0.1) is 18.8 Å². The van der Waals surface area contributed by atoms with Gasteiger partial charge in [0.05, 0.1) is 24.0 Å². The molecule has 3 heterocycles. The molecule has 1 amide bonds. The molecule has 2 bridgehead atoms. The van der Waals surface area contributed by atoms with Crippen molar-refractivity contribution in [2.45, 2.75) is 43.0 Å². The lowest BCUT2D eigenvalue weighted by molar-refractivity contribution is -0.197. The molecular formula is C14H15F3N2O4S. The van der Waals surface area contributed by atoms with E-state index in [4.69, 9.17) is 4.74 Å². The van der Waals surface area contributed by atoms with Crippen LogP contribution in [0.15, 0.2) is 23.4 Å². The van der Waals surface area contributed by atoms with E-state index in [1.54, 1.807) is 4.72 Å². The Hall–Kier alpha value is -1.68. The first-order chi connectivity index (χ1) is 11.1. The third-order valence-corrected chi connectivity index (χ3v) is 5.95. The Balaban J connectivity index is 1.86. The first-order valence-corrected chi connectivity index (χ1v) is 8.79. The van der Waals surface area contributed by atoms with Crippen LogP contribution < -0.4 is 4.72 Å². The minimum absolute atomic E-state index is 0.215. The summed E-state index contributed by atoms with van der Waals surface area (Å²) in [7, 11) is -4.30. The Kier molecular flexibility index (Phi) is 4.07. The Morgan fingerprint density at radius 1 is 1.33 bits per heavy atom. The van der Waals surface area contributed by atoms with E-state index < -0.39 is 46.2 Å². The third kappa shape index (κ3) is 2.88. The van der Waals surface area contributed by atoms with Crippen LogP contribution in [0.25, 0.3) is 0 Å². The number of ether oxygens (including phenoxy) is 1. The highest BCUT2D eigenvalue weighted by atomic mass is 32.2. The molecule has 2 aliphatic rings. The lowest BCUT2D eigenvalue weighted by Crippen LogP contribution is -2.47. The number of hydrogen-bond acceptors (Lipinski definition) is 5. The molecule has 2 aliphatic heterocycles. The second-order valence-electron chi connectivity index (χ2n) is 5.99. The van der Waals surface area contributed by atoms with Gasteiger partial charge in [-0.15, -0.1) is 0 Å². The number of halogens is 3. The van der Waals surface area contributed by atoms with Crippen LogP contribution in [0.4, 0.5) is 13.2 Å². The van der Waals surface area contributed by atoms with Gasteiger partial charge in [-0.3, -0.25) is 9.78 Å². The fourth-order valence-electron chi connectivity index (χ4n) is 3.41. The lowest BCUT2D eigenvalue weighted by Gasteiger charge is -2.28. The molecule has 24 heavy (non-hydrogen) atoms. The predicted octanol–water partition coefficient (Wildman–Crippen LogP) is 1.55. The largest absolute Gasteiger partial charge is 0.395 e. The quantitative estimate of drug-likeness (QED) is 0.880. The number of sulfonamides is 1. The van der Waals surface area contributed by atoms with E-state index in [9.17, 15) is 26.4 Å². The van der Waals surface area contributed by atoms with E-state index in [1.165, 1.54) is 19.2 Å². The maximum atomic E-state index is 13.2. The van der Waals surface area contributed by atoms with Gasteiger partial charge in [0.15, 0.2) is 0 Å². The molecule has 1 aromatic rings. The number of hydrogen-bond donors (Lipinski definition) is 1. The molecule has 0 radical (unpaired) electrons.